The first-order valence-corrected chi connectivity index (χ1v) is 9.51. The first-order chi connectivity index (χ1) is 12.5. The van der Waals surface area contributed by atoms with Gasteiger partial charge in [0.15, 0.2) is 5.11 Å². The molecule has 136 valence electrons. The van der Waals surface area contributed by atoms with E-state index in [1.807, 2.05) is 11.0 Å². The van der Waals surface area contributed by atoms with Crippen molar-refractivity contribution in [1.29, 1.82) is 0 Å². The zero-order chi connectivity index (χ0) is 18.5. The molecule has 0 bridgehead atoms. The van der Waals surface area contributed by atoms with Crippen LogP contribution in [0, 0.1) is 0 Å². The number of thiocarbonyl (C=S) groups is 1. The summed E-state index contributed by atoms with van der Waals surface area (Å²) >= 11 is 17.3. The van der Waals surface area contributed by atoms with E-state index in [-0.39, 0.29) is 5.91 Å². The minimum Gasteiger partial charge on any atom is -0.346 e. The van der Waals surface area contributed by atoms with Gasteiger partial charge < -0.3 is 4.90 Å². The number of amides is 1. The number of nitrogens with one attached hydrogen (secondary N) is 1. The van der Waals surface area contributed by atoms with Crippen LogP contribution in [0.3, 0.4) is 0 Å². The standard InChI is InChI=1S/C19H19Cl2N3OS/c20-15-6-7-16(17(21)12-15)18(25)22-19(26)24-10-8-23(9-11-24)13-14-4-2-1-3-5-14/h1-7,12H,8-11,13H2,(H,22,25,26). The van der Waals surface area contributed by atoms with Gasteiger partial charge in [0.1, 0.15) is 0 Å². The van der Waals surface area contributed by atoms with Gasteiger partial charge in [-0.2, -0.15) is 0 Å². The van der Waals surface area contributed by atoms with Gasteiger partial charge in [0.2, 0.25) is 0 Å². The second-order valence-electron chi connectivity index (χ2n) is 6.13. The molecule has 0 radical (unpaired) electrons. The van der Waals surface area contributed by atoms with Gasteiger partial charge in [0.05, 0.1) is 10.6 Å². The van der Waals surface area contributed by atoms with Crippen LogP contribution in [0.15, 0.2) is 48.5 Å². The SMILES string of the molecule is O=C(NC(=S)N1CCN(Cc2ccccc2)CC1)c1ccc(Cl)cc1Cl. The molecule has 1 aliphatic rings. The van der Waals surface area contributed by atoms with Gasteiger partial charge in [-0.1, -0.05) is 53.5 Å². The molecule has 26 heavy (non-hydrogen) atoms. The maximum Gasteiger partial charge on any atom is 0.258 e. The van der Waals surface area contributed by atoms with E-state index in [9.17, 15) is 4.79 Å². The molecule has 2 aromatic carbocycles. The molecular weight excluding hydrogens is 389 g/mol. The number of halogens is 2. The number of nitrogens with zero attached hydrogens (tertiary/aromatic N) is 2. The molecule has 1 amide bonds. The lowest BCUT2D eigenvalue weighted by Gasteiger charge is -2.36. The van der Waals surface area contributed by atoms with Gasteiger partial charge in [0, 0.05) is 37.7 Å². The first-order valence-electron chi connectivity index (χ1n) is 8.34. The van der Waals surface area contributed by atoms with Crippen LogP contribution in [-0.2, 0) is 6.54 Å². The number of carbonyl (C=O) groups excluding carboxylic acids is 1. The highest BCUT2D eigenvalue weighted by molar-refractivity contribution is 7.80. The average molecular weight is 408 g/mol. The van der Waals surface area contributed by atoms with E-state index in [1.54, 1.807) is 18.2 Å². The highest BCUT2D eigenvalue weighted by Crippen LogP contribution is 2.21. The predicted octanol–water partition coefficient (Wildman–Crippen LogP) is 3.83. The molecule has 0 atom stereocenters. The molecule has 0 spiro atoms. The third-order valence-corrected chi connectivity index (χ3v) is 5.21. The third kappa shape index (κ3) is 4.95. The summed E-state index contributed by atoms with van der Waals surface area (Å²) in [5, 5.41) is 3.99. The summed E-state index contributed by atoms with van der Waals surface area (Å²) in [4.78, 5) is 16.8. The van der Waals surface area contributed by atoms with E-state index in [1.165, 1.54) is 5.56 Å². The lowest BCUT2D eigenvalue weighted by atomic mass is 10.2. The van der Waals surface area contributed by atoms with E-state index >= 15 is 0 Å². The van der Waals surface area contributed by atoms with E-state index < -0.39 is 0 Å². The van der Waals surface area contributed by atoms with Crippen molar-refractivity contribution in [2.24, 2.45) is 0 Å². The van der Waals surface area contributed by atoms with Crippen molar-refractivity contribution in [2.45, 2.75) is 6.54 Å². The van der Waals surface area contributed by atoms with Gasteiger partial charge in [-0.25, -0.2) is 0 Å². The molecule has 0 unspecified atom stereocenters. The number of benzene rings is 2. The largest absolute Gasteiger partial charge is 0.346 e. The Morgan fingerprint density at radius 1 is 1.04 bits per heavy atom. The van der Waals surface area contributed by atoms with Gasteiger partial charge in [0.25, 0.3) is 5.91 Å². The Morgan fingerprint density at radius 3 is 2.38 bits per heavy atom. The number of rotatable bonds is 3. The molecule has 7 heteroatoms. The van der Waals surface area contributed by atoms with Gasteiger partial charge in [-0.3, -0.25) is 15.0 Å². The lowest BCUT2D eigenvalue weighted by molar-refractivity contribution is 0.0969. The predicted molar refractivity (Wildman–Crippen MR) is 110 cm³/mol. The van der Waals surface area contributed by atoms with E-state index in [0.29, 0.717) is 20.7 Å². The van der Waals surface area contributed by atoms with Crippen molar-refractivity contribution in [2.75, 3.05) is 26.2 Å². The first kappa shape index (κ1) is 19.1. The normalized spacial score (nSPS) is 14.9. The maximum absolute atomic E-state index is 12.4. The number of hydrogen-bond donors (Lipinski definition) is 1. The Kier molecular flexibility index (Phi) is 6.48. The lowest BCUT2D eigenvalue weighted by Crippen LogP contribution is -2.52. The van der Waals surface area contributed by atoms with Gasteiger partial charge >= 0.3 is 0 Å². The van der Waals surface area contributed by atoms with Crippen LogP contribution in [0.25, 0.3) is 0 Å². The number of hydrogen-bond acceptors (Lipinski definition) is 3. The Morgan fingerprint density at radius 2 is 1.73 bits per heavy atom. The second kappa shape index (κ2) is 8.82. The summed E-state index contributed by atoms with van der Waals surface area (Å²) in [7, 11) is 0. The molecule has 1 N–H and O–H groups in total. The summed E-state index contributed by atoms with van der Waals surface area (Å²) < 4.78 is 0. The third-order valence-electron chi connectivity index (χ3n) is 4.30. The van der Waals surface area contributed by atoms with Crippen molar-refractivity contribution in [3.05, 3.63) is 69.7 Å². The van der Waals surface area contributed by atoms with E-state index in [0.717, 1.165) is 32.7 Å². The molecule has 0 saturated carbocycles. The van der Waals surface area contributed by atoms with Crippen LogP contribution in [0.4, 0.5) is 0 Å². The Bertz CT molecular complexity index is 793. The molecule has 0 aromatic heterocycles. The fourth-order valence-corrected chi connectivity index (χ4v) is 3.64. The second-order valence-corrected chi connectivity index (χ2v) is 7.36. The van der Waals surface area contributed by atoms with Crippen molar-refractivity contribution in [1.82, 2.24) is 15.1 Å². The molecule has 1 aliphatic heterocycles. The quantitative estimate of drug-likeness (QED) is 0.784. The summed E-state index contributed by atoms with van der Waals surface area (Å²) in [6.07, 6.45) is 0. The van der Waals surface area contributed by atoms with Crippen molar-refractivity contribution in [3.8, 4) is 0 Å². The van der Waals surface area contributed by atoms with Crippen molar-refractivity contribution >= 4 is 46.4 Å². The average Bonchev–Trinajstić information content (AvgIpc) is 2.63. The molecular formula is C19H19Cl2N3OS. The molecule has 2 aromatic rings. The van der Waals surface area contributed by atoms with Crippen LogP contribution in [0.1, 0.15) is 15.9 Å². The monoisotopic (exact) mass is 407 g/mol. The fraction of sp³-hybridized carbons (Fsp3) is 0.263. The van der Waals surface area contributed by atoms with Gasteiger partial charge in [-0.15, -0.1) is 0 Å². The number of carbonyl (C=O) groups is 1. The summed E-state index contributed by atoms with van der Waals surface area (Å²) in [6, 6.07) is 15.2. The minimum atomic E-state index is -0.316. The Labute approximate surface area is 168 Å². The molecule has 4 nitrogen and oxygen atoms in total. The van der Waals surface area contributed by atoms with E-state index in [2.05, 4.69) is 34.5 Å². The Balaban J connectivity index is 1.51. The molecule has 3 rings (SSSR count). The molecule has 1 saturated heterocycles. The summed E-state index contributed by atoms with van der Waals surface area (Å²) in [5.41, 5.74) is 1.66. The maximum atomic E-state index is 12.4. The Hall–Kier alpha value is -1.66. The highest BCUT2D eigenvalue weighted by atomic mass is 35.5. The van der Waals surface area contributed by atoms with Crippen LogP contribution < -0.4 is 5.32 Å². The van der Waals surface area contributed by atoms with Crippen molar-refractivity contribution < 1.29 is 4.79 Å². The topological polar surface area (TPSA) is 35.6 Å². The summed E-state index contributed by atoms with van der Waals surface area (Å²) in [5.74, 6) is -0.316. The van der Waals surface area contributed by atoms with Gasteiger partial charge in [-0.05, 0) is 36.0 Å². The van der Waals surface area contributed by atoms with E-state index in [4.69, 9.17) is 35.4 Å². The van der Waals surface area contributed by atoms with Crippen LogP contribution in [0.5, 0.6) is 0 Å². The van der Waals surface area contributed by atoms with Crippen LogP contribution in [0.2, 0.25) is 10.0 Å². The molecule has 1 heterocycles. The van der Waals surface area contributed by atoms with Crippen LogP contribution >= 0.6 is 35.4 Å². The fourth-order valence-electron chi connectivity index (χ4n) is 2.87. The highest BCUT2D eigenvalue weighted by Gasteiger charge is 2.21. The summed E-state index contributed by atoms with van der Waals surface area (Å²) in [6.45, 7) is 4.27. The number of piperazine rings is 1. The van der Waals surface area contributed by atoms with Crippen molar-refractivity contribution in [3.63, 3.8) is 0 Å². The minimum absolute atomic E-state index is 0.311. The van der Waals surface area contributed by atoms with Crippen LogP contribution in [-0.4, -0.2) is 47.0 Å². The zero-order valence-corrected chi connectivity index (χ0v) is 16.4. The smallest absolute Gasteiger partial charge is 0.258 e. The zero-order valence-electron chi connectivity index (χ0n) is 14.1. The molecule has 0 aliphatic carbocycles. The molecule has 1 fully saturated rings.